The number of aryl methyl sites for hydroxylation is 2. The monoisotopic (exact) mass is 387 g/mol. The molecular formula is C17H24F3N5O2. The lowest BCUT2D eigenvalue weighted by atomic mass is 10.0. The normalized spacial score (nSPS) is 22.4. The van der Waals surface area contributed by atoms with Gasteiger partial charge in [-0.25, -0.2) is 0 Å². The number of hydrogen-bond donors (Lipinski definition) is 0. The van der Waals surface area contributed by atoms with Gasteiger partial charge in [-0.15, -0.1) is 0 Å². The van der Waals surface area contributed by atoms with Gasteiger partial charge >= 0.3 is 6.18 Å². The number of aromatic nitrogens is 2. The minimum Gasteiger partial charge on any atom is -0.340 e. The van der Waals surface area contributed by atoms with E-state index in [9.17, 15) is 22.8 Å². The molecule has 0 spiro atoms. The number of piperidine rings is 1. The molecule has 0 aliphatic carbocycles. The third kappa shape index (κ3) is 4.42. The van der Waals surface area contributed by atoms with Crippen molar-refractivity contribution in [2.24, 2.45) is 7.05 Å². The lowest BCUT2D eigenvalue weighted by Crippen LogP contribution is -2.58. The van der Waals surface area contributed by atoms with Crippen molar-refractivity contribution >= 4 is 17.6 Å². The van der Waals surface area contributed by atoms with E-state index in [1.807, 2.05) is 17.9 Å². The molecule has 3 heterocycles. The Bertz CT molecular complexity index is 710. The summed E-state index contributed by atoms with van der Waals surface area (Å²) in [4.78, 5) is 29.7. The summed E-state index contributed by atoms with van der Waals surface area (Å²) in [6.07, 6.45) is -4.37. The number of hydrogen-bond acceptors (Lipinski definition) is 4. The first-order valence-electron chi connectivity index (χ1n) is 9.06. The fourth-order valence-electron chi connectivity index (χ4n) is 3.84. The molecule has 2 saturated heterocycles. The van der Waals surface area contributed by atoms with Gasteiger partial charge in [-0.1, -0.05) is 0 Å². The molecular weight excluding hydrogens is 363 g/mol. The van der Waals surface area contributed by atoms with Crippen LogP contribution >= 0.6 is 0 Å². The largest absolute Gasteiger partial charge is 0.397 e. The number of amides is 2. The zero-order valence-corrected chi connectivity index (χ0v) is 15.5. The molecule has 2 amide bonds. The summed E-state index contributed by atoms with van der Waals surface area (Å²) in [5.74, 6) is -0.162. The average molecular weight is 387 g/mol. The van der Waals surface area contributed by atoms with Crippen molar-refractivity contribution in [1.29, 1.82) is 0 Å². The smallest absolute Gasteiger partial charge is 0.340 e. The van der Waals surface area contributed by atoms with E-state index < -0.39 is 18.5 Å². The molecule has 27 heavy (non-hydrogen) atoms. The summed E-state index contributed by atoms with van der Waals surface area (Å²) in [7, 11) is 1.80. The Balaban J connectivity index is 1.61. The minimum absolute atomic E-state index is 0.0145. The van der Waals surface area contributed by atoms with E-state index in [0.717, 1.165) is 17.9 Å². The van der Waals surface area contributed by atoms with Gasteiger partial charge in [0.25, 0.3) is 0 Å². The maximum Gasteiger partial charge on any atom is 0.397 e. The van der Waals surface area contributed by atoms with E-state index >= 15 is 0 Å². The van der Waals surface area contributed by atoms with Gasteiger partial charge in [0, 0.05) is 45.8 Å². The first-order valence-corrected chi connectivity index (χ1v) is 9.06. The van der Waals surface area contributed by atoms with Gasteiger partial charge in [-0.2, -0.15) is 18.3 Å². The Kier molecular flexibility index (Phi) is 5.45. The summed E-state index contributed by atoms with van der Waals surface area (Å²) >= 11 is 0. The van der Waals surface area contributed by atoms with Crippen LogP contribution in [0.5, 0.6) is 0 Å². The van der Waals surface area contributed by atoms with Crippen molar-refractivity contribution < 1.29 is 22.8 Å². The topological polar surface area (TPSA) is 61.7 Å². The van der Waals surface area contributed by atoms with Gasteiger partial charge in [0.1, 0.15) is 12.2 Å². The van der Waals surface area contributed by atoms with Crippen molar-refractivity contribution in [3.05, 3.63) is 11.8 Å². The molecule has 1 aromatic rings. The highest BCUT2D eigenvalue weighted by molar-refractivity contribution is 5.97. The molecule has 1 atom stereocenters. The third-order valence-electron chi connectivity index (χ3n) is 5.12. The predicted molar refractivity (Wildman–Crippen MR) is 92.1 cm³/mol. The Hall–Kier alpha value is -2.10. The van der Waals surface area contributed by atoms with Crippen molar-refractivity contribution in [2.75, 3.05) is 37.6 Å². The van der Waals surface area contributed by atoms with Crippen LogP contribution in [0.4, 0.5) is 19.0 Å². The Morgan fingerprint density at radius 3 is 2.44 bits per heavy atom. The molecule has 1 aromatic heterocycles. The molecule has 0 radical (unpaired) electrons. The van der Waals surface area contributed by atoms with Crippen molar-refractivity contribution in [3.8, 4) is 0 Å². The first-order chi connectivity index (χ1) is 12.7. The molecule has 3 rings (SSSR count). The average Bonchev–Trinajstić information content (AvgIpc) is 2.92. The Morgan fingerprint density at radius 2 is 1.89 bits per heavy atom. The zero-order chi connectivity index (χ0) is 19.8. The standard InChI is InChI=1S/C17H24F3N5O2/c1-12-10-14(22(2)21-12)25-5-3-4-13(16(25)27)23-6-8-24(9-7-23)15(26)11-17(18,19)20/h10,13H,3-9,11H2,1-2H3. The highest BCUT2D eigenvalue weighted by atomic mass is 19.4. The number of nitrogens with zero attached hydrogens (tertiary/aromatic N) is 5. The molecule has 0 saturated carbocycles. The van der Waals surface area contributed by atoms with Crippen LogP contribution in [-0.4, -0.2) is 76.3 Å². The van der Waals surface area contributed by atoms with E-state index in [0.29, 0.717) is 26.1 Å². The van der Waals surface area contributed by atoms with Crippen LogP contribution in [0.25, 0.3) is 0 Å². The second-order valence-corrected chi connectivity index (χ2v) is 7.12. The summed E-state index contributed by atoms with van der Waals surface area (Å²) in [5.41, 5.74) is 0.833. The van der Waals surface area contributed by atoms with Crippen molar-refractivity contribution in [1.82, 2.24) is 19.6 Å². The summed E-state index contributed by atoms with van der Waals surface area (Å²) in [5, 5.41) is 4.29. The molecule has 0 bridgehead atoms. The fraction of sp³-hybridized carbons (Fsp3) is 0.706. The molecule has 10 heteroatoms. The molecule has 2 fully saturated rings. The lowest BCUT2D eigenvalue weighted by Gasteiger charge is -2.42. The molecule has 1 unspecified atom stereocenters. The van der Waals surface area contributed by atoms with Gasteiger partial charge in [0.05, 0.1) is 11.7 Å². The van der Waals surface area contributed by atoms with Gasteiger partial charge in [0.2, 0.25) is 11.8 Å². The van der Waals surface area contributed by atoms with Crippen LogP contribution in [0.2, 0.25) is 0 Å². The maximum absolute atomic E-state index is 13.0. The maximum atomic E-state index is 13.0. The van der Waals surface area contributed by atoms with E-state index in [1.165, 1.54) is 4.90 Å². The van der Waals surface area contributed by atoms with E-state index in [-0.39, 0.29) is 25.0 Å². The number of alkyl halides is 3. The molecule has 2 aliphatic heterocycles. The van der Waals surface area contributed by atoms with Gasteiger partial charge in [0.15, 0.2) is 0 Å². The third-order valence-corrected chi connectivity index (χ3v) is 5.12. The summed E-state index contributed by atoms with van der Waals surface area (Å²) in [6.45, 7) is 3.72. The zero-order valence-electron chi connectivity index (χ0n) is 15.5. The number of carbonyl (C=O) groups is 2. The molecule has 150 valence electrons. The highest BCUT2D eigenvalue weighted by Gasteiger charge is 2.38. The highest BCUT2D eigenvalue weighted by Crippen LogP contribution is 2.26. The minimum atomic E-state index is -4.49. The SMILES string of the molecule is Cc1cc(N2CCCC(N3CCN(C(=O)CC(F)(F)F)CC3)C2=O)n(C)n1. The number of piperazine rings is 1. The fourth-order valence-corrected chi connectivity index (χ4v) is 3.84. The van der Waals surface area contributed by atoms with E-state index in [1.54, 1.807) is 16.6 Å². The number of anilines is 1. The quantitative estimate of drug-likeness (QED) is 0.785. The van der Waals surface area contributed by atoms with Crippen LogP contribution in [0.3, 0.4) is 0 Å². The van der Waals surface area contributed by atoms with Gasteiger partial charge < -0.3 is 4.90 Å². The van der Waals surface area contributed by atoms with Crippen LogP contribution in [-0.2, 0) is 16.6 Å². The van der Waals surface area contributed by atoms with E-state index in [4.69, 9.17) is 0 Å². The van der Waals surface area contributed by atoms with Crippen LogP contribution in [0.15, 0.2) is 6.07 Å². The molecule has 7 nitrogen and oxygen atoms in total. The lowest BCUT2D eigenvalue weighted by molar-refractivity contribution is -0.162. The number of carbonyl (C=O) groups excluding carboxylic acids is 2. The number of halogens is 3. The molecule has 0 N–H and O–H groups in total. The van der Waals surface area contributed by atoms with Crippen molar-refractivity contribution in [2.45, 2.75) is 38.4 Å². The van der Waals surface area contributed by atoms with Crippen LogP contribution in [0, 0.1) is 6.92 Å². The van der Waals surface area contributed by atoms with Crippen LogP contribution in [0.1, 0.15) is 25.0 Å². The van der Waals surface area contributed by atoms with Crippen LogP contribution < -0.4 is 4.90 Å². The summed E-state index contributed by atoms with van der Waals surface area (Å²) in [6, 6.07) is 1.56. The Morgan fingerprint density at radius 1 is 1.22 bits per heavy atom. The second-order valence-electron chi connectivity index (χ2n) is 7.12. The molecule has 2 aliphatic rings. The van der Waals surface area contributed by atoms with Gasteiger partial charge in [-0.05, 0) is 19.8 Å². The predicted octanol–water partition coefficient (Wildman–Crippen LogP) is 1.32. The van der Waals surface area contributed by atoms with E-state index in [2.05, 4.69) is 5.10 Å². The molecule has 0 aromatic carbocycles. The number of rotatable bonds is 3. The van der Waals surface area contributed by atoms with Gasteiger partial charge in [-0.3, -0.25) is 24.1 Å². The second kappa shape index (κ2) is 7.49. The Labute approximate surface area is 155 Å². The first kappa shape index (κ1) is 19.7. The van der Waals surface area contributed by atoms with Crippen molar-refractivity contribution in [3.63, 3.8) is 0 Å². The summed E-state index contributed by atoms with van der Waals surface area (Å²) < 4.78 is 38.9.